The molecular formula is C20H40N2. The Labute approximate surface area is 139 Å². The maximum atomic E-state index is 2.61. The molecule has 22 heavy (non-hydrogen) atoms. The molecule has 2 nitrogen and oxygen atoms in total. The molecule has 0 aromatic rings. The van der Waals surface area contributed by atoms with Crippen LogP contribution >= 0.6 is 0 Å². The van der Waals surface area contributed by atoms with Crippen LogP contribution in [-0.4, -0.2) is 36.1 Å². The van der Waals surface area contributed by atoms with Crippen molar-refractivity contribution in [2.45, 2.75) is 90.9 Å². The lowest BCUT2D eigenvalue weighted by molar-refractivity contribution is 0.164. The van der Waals surface area contributed by atoms with Gasteiger partial charge in [-0.15, -0.1) is 0 Å². The van der Waals surface area contributed by atoms with Crippen molar-refractivity contribution in [1.82, 2.24) is 9.80 Å². The Morgan fingerprint density at radius 2 is 1.23 bits per heavy atom. The number of unbranched alkanes of at least 4 members (excludes halogenated alkanes) is 10. The Hall–Kier alpha value is -0.500. The third-order valence-electron chi connectivity index (χ3n) is 4.69. The molecular weight excluding hydrogens is 268 g/mol. The van der Waals surface area contributed by atoms with Crippen LogP contribution in [0.2, 0.25) is 0 Å². The molecule has 0 aliphatic carbocycles. The van der Waals surface area contributed by atoms with Crippen molar-refractivity contribution < 1.29 is 0 Å². The summed E-state index contributed by atoms with van der Waals surface area (Å²) in [6.07, 6.45) is 21.5. The highest BCUT2D eigenvalue weighted by Gasteiger charge is 2.11. The van der Waals surface area contributed by atoms with Crippen molar-refractivity contribution in [2.75, 3.05) is 26.3 Å². The summed E-state index contributed by atoms with van der Waals surface area (Å²) >= 11 is 0. The highest BCUT2D eigenvalue weighted by atomic mass is 15.3. The summed E-state index contributed by atoms with van der Waals surface area (Å²) < 4.78 is 0. The van der Waals surface area contributed by atoms with Crippen LogP contribution < -0.4 is 0 Å². The van der Waals surface area contributed by atoms with Gasteiger partial charge in [-0.2, -0.15) is 0 Å². The zero-order chi connectivity index (χ0) is 15.9. The largest absolute Gasteiger partial charge is 0.365 e. The summed E-state index contributed by atoms with van der Waals surface area (Å²) in [6.45, 7) is 9.41. The fourth-order valence-corrected chi connectivity index (χ4v) is 3.23. The summed E-state index contributed by atoms with van der Waals surface area (Å²) in [4.78, 5) is 5.12. The van der Waals surface area contributed by atoms with Crippen LogP contribution in [0.5, 0.6) is 0 Å². The quantitative estimate of drug-likeness (QED) is 0.374. The van der Waals surface area contributed by atoms with E-state index in [1.54, 1.807) is 0 Å². The first-order valence-corrected chi connectivity index (χ1v) is 10.00. The Bertz CT molecular complexity index is 262. The normalized spacial score (nSPS) is 15.6. The maximum absolute atomic E-state index is 2.61. The van der Waals surface area contributed by atoms with Crippen molar-refractivity contribution in [3.05, 3.63) is 12.3 Å². The molecule has 0 unspecified atom stereocenters. The topological polar surface area (TPSA) is 6.48 Å². The van der Waals surface area contributed by atoms with Crippen molar-refractivity contribution in [2.24, 2.45) is 0 Å². The first kappa shape index (κ1) is 19.5. The smallest absolute Gasteiger partial charge is 0.0704 e. The van der Waals surface area contributed by atoms with Gasteiger partial charge in [0, 0.05) is 19.6 Å². The van der Waals surface area contributed by atoms with E-state index in [-0.39, 0.29) is 0 Å². The van der Waals surface area contributed by atoms with Crippen molar-refractivity contribution in [3.63, 3.8) is 0 Å². The minimum atomic E-state index is 1.15. The first-order chi connectivity index (χ1) is 10.9. The van der Waals surface area contributed by atoms with Gasteiger partial charge < -0.3 is 4.90 Å². The molecule has 1 rings (SSSR count). The van der Waals surface area contributed by atoms with Gasteiger partial charge in [-0.25, -0.2) is 0 Å². The zero-order valence-corrected chi connectivity index (χ0v) is 15.4. The van der Waals surface area contributed by atoms with E-state index in [9.17, 15) is 0 Å². The number of hydrogen-bond acceptors (Lipinski definition) is 2. The third-order valence-corrected chi connectivity index (χ3v) is 4.69. The molecule has 0 amide bonds. The number of hydrogen-bond donors (Lipinski definition) is 0. The molecule has 0 saturated heterocycles. The Kier molecular flexibility index (Phi) is 12.5. The van der Waals surface area contributed by atoms with Gasteiger partial charge in [0.25, 0.3) is 0 Å². The molecule has 1 heterocycles. The second-order valence-electron chi connectivity index (χ2n) is 6.95. The molecule has 0 aromatic heterocycles. The van der Waals surface area contributed by atoms with E-state index in [0.29, 0.717) is 0 Å². The van der Waals surface area contributed by atoms with Crippen LogP contribution in [0, 0.1) is 0 Å². The molecule has 0 aromatic carbocycles. The van der Waals surface area contributed by atoms with Crippen LogP contribution in [0.1, 0.15) is 90.9 Å². The fraction of sp³-hybridized carbons (Fsp3) is 0.900. The van der Waals surface area contributed by atoms with Crippen LogP contribution in [0.3, 0.4) is 0 Å². The molecule has 0 bridgehead atoms. The lowest BCUT2D eigenvalue weighted by atomic mass is 10.1. The molecule has 2 heteroatoms. The summed E-state index contributed by atoms with van der Waals surface area (Å²) in [5, 5.41) is 0. The minimum Gasteiger partial charge on any atom is -0.365 e. The fourth-order valence-electron chi connectivity index (χ4n) is 3.23. The van der Waals surface area contributed by atoms with Crippen molar-refractivity contribution in [1.29, 1.82) is 0 Å². The maximum Gasteiger partial charge on any atom is 0.0704 e. The monoisotopic (exact) mass is 308 g/mol. The predicted molar refractivity (Wildman–Crippen MR) is 99.0 cm³/mol. The molecule has 1 aliphatic heterocycles. The Morgan fingerprint density at radius 3 is 1.86 bits per heavy atom. The van der Waals surface area contributed by atoms with E-state index in [1.165, 1.54) is 90.1 Å². The van der Waals surface area contributed by atoms with Crippen LogP contribution in [-0.2, 0) is 0 Å². The van der Waals surface area contributed by atoms with Crippen molar-refractivity contribution in [3.8, 4) is 0 Å². The van der Waals surface area contributed by atoms with Gasteiger partial charge in [0.15, 0.2) is 0 Å². The molecule has 0 atom stereocenters. The van der Waals surface area contributed by atoms with Gasteiger partial charge in [0.1, 0.15) is 0 Å². The molecule has 0 spiro atoms. The molecule has 0 saturated carbocycles. The Balaban J connectivity index is 1.99. The zero-order valence-electron chi connectivity index (χ0n) is 15.4. The van der Waals surface area contributed by atoms with Gasteiger partial charge in [0.2, 0.25) is 0 Å². The molecule has 1 aliphatic rings. The third kappa shape index (κ3) is 10.3. The van der Waals surface area contributed by atoms with Gasteiger partial charge in [-0.05, 0) is 19.0 Å². The molecule has 0 fully saturated rings. The standard InChI is InChI=1S/C20H40N2/c1-3-5-7-9-11-13-16-21-18-15-19-22(20-21)17-14-12-10-8-6-4-2/h15,18H,3-14,16-17,19-20H2,1-2H3. The summed E-state index contributed by atoms with van der Waals surface area (Å²) in [7, 11) is 0. The average molecular weight is 309 g/mol. The van der Waals surface area contributed by atoms with Crippen LogP contribution in [0.15, 0.2) is 12.3 Å². The van der Waals surface area contributed by atoms with Crippen LogP contribution in [0.4, 0.5) is 0 Å². The molecule has 0 radical (unpaired) electrons. The second kappa shape index (κ2) is 14.1. The highest BCUT2D eigenvalue weighted by molar-refractivity contribution is 4.90. The minimum absolute atomic E-state index is 1.15. The number of nitrogens with zero attached hydrogens (tertiary/aromatic N) is 2. The SMILES string of the molecule is CCCCCCCCN1C=CCN(CCCCCCCC)C1. The lowest BCUT2D eigenvalue weighted by Crippen LogP contribution is -2.39. The van der Waals surface area contributed by atoms with Gasteiger partial charge in [0.05, 0.1) is 6.67 Å². The van der Waals surface area contributed by atoms with Gasteiger partial charge >= 0.3 is 0 Å². The summed E-state index contributed by atoms with van der Waals surface area (Å²) in [5.74, 6) is 0. The van der Waals surface area contributed by atoms with E-state index >= 15 is 0 Å². The van der Waals surface area contributed by atoms with E-state index in [2.05, 4.69) is 35.9 Å². The van der Waals surface area contributed by atoms with E-state index in [1.807, 2.05) is 0 Å². The number of rotatable bonds is 14. The van der Waals surface area contributed by atoms with Gasteiger partial charge in [-0.1, -0.05) is 84.1 Å². The second-order valence-corrected chi connectivity index (χ2v) is 6.95. The Morgan fingerprint density at radius 1 is 0.682 bits per heavy atom. The van der Waals surface area contributed by atoms with Crippen LogP contribution in [0.25, 0.3) is 0 Å². The highest BCUT2D eigenvalue weighted by Crippen LogP contribution is 2.11. The average Bonchev–Trinajstić information content (AvgIpc) is 2.54. The van der Waals surface area contributed by atoms with Crippen molar-refractivity contribution >= 4 is 0 Å². The molecule has 0 N–H and O–H groups in total. The summed E-state index contributed by atoms with van der Waals surface area (Å²) in [5.41, 5.74) is 0. The predicted octanol–water partition coefficient (Wildman–Crippen LogP) is 5.80. The first-order valence-electron chi connectivity index (χ1n) is 10.00. The molecule has 130 valence electrons. The van der Waals surface area contributed by atoms with E-state index < -0.39 is 0 Å². The lowest BCUT2D eigenvalue weighted by Gasteiger charge is -2.32. The van der Waals surface area contributed by atoms with Gasteiger partial charge in [-0.3, -0.25) is 4.90 Å². The van der Waals surface area contributed by atoms with E-state index in [0.717, 1.165) is 13.2 Å². The summed E-state index contributed by atoms with van der Waals surface area (Å²) in [6, 6.07) is 0. The van der Waals surface area contributed by atoms with E-state index in [4.69, 9.17) is 0 Å².